The van der Waals surface area contributed by atoms with Crippen molar-refractivity contribution < 1.29 is 4.79 Å². The van der Waals surface area contributed by atoms with Crippen LogP contribution in [0.5, 0.6) is 0 Å². The predicted octanol–water partition coefficient (Wildman–Crippen LogP) is 3.50. The molecule has 0 radical (unpaired) electrons. The molecule has 0 saturated carbocycles. The summed E-state index contributed by atoms with van der Waals surface area (Å²) in [6.45, 7) is 0. The third kappa shape index (κ3) is 3.17. The van der Waals surface area contributed by atoms with Gasteiger partial charge in [0.05, 0.1) is 0 Å². The zero-order valence-corrected chi connectivity index (χ0v) is 13.0. The highest BCUT2D eigenvalue weighted by molar-refractivity contribution is 5.96. The van der Waals surface area contributed by atoms with Gasteiger partial charge in [-0.25, -0.2) is 0 Å². The molecular weight excluding hydrogens is 298 g/mol. The SMILES string of the molecule is NC(=O)/C=C/c1c(-c2ccccc2)ccc(-c2cccnc2)c1N. The number of nitrogens with two attached hydrogens (primary N) is 2. The molecule has 4 N–H and O–H groups in total. The minimum atomic E-state index is -0.514. The summed E-state index contributed by atoms with van der Waals surface area (Å²) in [4.78, 5) is 15.3. The smallest absolute Gasteiger partial charge is 0.241 e. The second-order valence-corrected chi connectivity index (χ2v) is 5.33. The Morgan fingerprint density at radius 3 is 2.29 bits per heavy atom. The Hall–Kier alpha value is -3.40. The molecule has 2 aromatic carbocycles. The maximum Gasteiger partial charge on any atom is 0.241 e. The van der Waals surface area contributed by atoms with Crippen molar-refractivity contribution in [1.82, 2.24) is 4.98 Å². The van der Waals surface area contributed by atoms with Gasteiger partial charge in [0.2, 0.25) is 5.91 Å². The van der Waals surface area contributed by atoms with Crippen LogP contribution in [0.2, 0.25) is 0 Å². The fourth-order valence-electron chi connectivity index (χ4n) is 2.62. The molecule has 0 bridgehead atoms. The first kappa shape index (κ1) is 15.5. The summed E-state index contributed by atoms with van der Waals surface area (Å²) >= 11 is 0. The van der Waals surface area contributed by atoms with Gasteiger partial charge in [-0.2, -0.15) is 0 Å². The number of hydrogen-bond donors (Lipinski definition) is 2. The van der Waals surface area contributed by atoms with Crippen molar-refractivity contribution in [1.29, 1.82) is 0 Å². The summed E-state index contributed by atoms with van der Waals surface area (Å²) in [5.74, 6) is -0.514. The van der Waals surface area contributed by atoms with Gasteiger partial charge < -0.3 is 11.5 Å². The van der Waals surface area contributed by atoms with Gasteiger partial charge in [0.25, 0.3) is 0 Å². The molecule has 0 aliphatic rings. The molecule has 4 nitrogen and oxygen atoms in total. The molecule has 1 aromatic heterocycles. The van der Waals surface area contributed by atoms with E-state index in [-0.39, 0.29) is 0 Å². The first-order valence-electron chi connectivity index (χ1n) is 7.52. The first-order chi connectivity index (χ1) is 11.7. The van der Waals surface area contributed by atoms with Crippen molar-refractivity contribution >= 4 is 17.7 Å². The summed E-state index contributed by atoms with van der Waals surface area (Å²) in [5, 5.41) is 0. The molecule has 0 fully saturated rings. The molecular formula is C20H17N3O. The van der Waals surface area contributed by atoms with Crippen LogP contribution in [0.4, 0.5) is 5.69 Å². The van der Waals surface area contributed by atoms with E-state index in [1.807, 2.05) is 54.6 Å². The van der Waals surface area contributed by atoms with Crippen molar-refractivity contribution in [3.8, 4) is 22.3 Å². The number of pyridine rings is 1. The number of rotatable bonds is 4. The number of nitrogen functional groups attached to an aromatic ring is 1. The third-order valence-corrected chi connectivity index (χ3v) is 3.76. The fraction of sp³-hybridized carbons (Fsp3) is 0. The Bertz CT molecular complexity index is 888. The molecule has 4 heteroatoms. The number of nitrogens with zero attached hydrogens (tertiary/aromatic N) is 1. The van der Waals surface area contributed by atoms with E-state index in [9.17, 15) is 4.79 Å². The molecule has 3 aromatic rings. The average molecular weight is 315 g/mol. The number of hydrogen-bond acceptors (Lipinski definition) is 3. The highest BCUT2D eigenvalue weighted by Crippen LogP contribution is 2.36. The Labute approximate surface area is 140 Å². The Morgan fingerprint density at radius 1 is 0.917 bits per heavy atom. The maximum absolute atomic E-state index is 11.2. The van der Waals surface area contributed by atoms with Crippen molar-refractivity contribution in [3.05, 3.63) is 78.6 Å². The lowest BCUT2D eigenvalue weighted by atomic mass is 9.93. The van der Waals surface area contributed by atoms with E-state index in [4.69, 9.17) is 11.5 Å². The lowest BCUT2D eigenvalue weighted by molar-refractivity contribution is -0.113. The highest BCUT2D eigenvalue weighted by atomic mass is 16.1. The van der Waals surface area contributed by atoms with Crippen LogP contribution >= 0.6 is 0 Å². The average Bonchev–Trinajstić information content (AvgIpc) is 2.62. The van der Waals surface area contributed by atoms with E-state index in [1.54, 1.807) is 18.5 Å². The molecule has 0 unspecified atom stereocenters. The van der Waals surface area contributed by atoms with Gasteiger partial charge in [-0.05, 0) is 23.3 Å². The van der Waals surface area contributed by atoms with Crippen LogP contribution in [0, 0.1) is 0 Å². The van der Waals surface area contributed by atoms with Crippen LogP contribution in [-0.4, -0.2) is 10.9 Å². The number of primary amides is 1. The van der Waals surface area contributed by atoms with Crippen LogP contribution in [0.3, 0.4) is 0 Å². The molecule has 118 valence electrons. The molecule has 3 rings (SSSR count). The Kier molecular flexibility index (Phi) is 4.38. The van der Waals surface area contributed by atoms with E-state index in [0.29, 0.717) is 5.69 Å². The second kappa shape index (κ2) is 6.79. The van der Waals surface area contributed by atoms with Crippen molar-refractivity contribution in [2.45, 2.75) is 0 Å². The molecule has 0 spiro atoms. The quantitative estimate of drug-likeness (QED) is 0.571. The van der Waals surface area contributed by atoms with E-state index < -0.39 is 5.91 Å². The second-order valence-electron chi connectivity index (χ2n) is 5.33. The summed E-state index contributed by atoms with van der Waals surface area (Å²) in [7, 11) is 0. The molecule has 1 amide bonds. The minimum Gasteiger partial charge on any atom is -0.398 e. The van der Waals surface area contributed by atoms with Crippen molar-refractivity contribution in [2.75, 3.05) is 5.73 Å². The standard InChI is InChI=1S/C20H17N3O/c21-19(24)11-10-18-16(14-5-2-1-3-6-14)8-9-17(20(18)22)15-7-4-12-23-13-15/h1-13H,22H2,(H2,21,24)/b11-10+. The van der Waals surface area contributed by atoms with Crippen LogP contribution in [-0.2, 0) is 4.79 Å². The minimum absolute atomic E-state index is 0.514. The zero-order chi connectivity index (χ0) is 16.9. The van der Waals surface area contributed by atoms with E-state index >= 15 is 0 Å². The third-order valence-electron chi connectivity index (χ3n) is 3.76. The molecule has 24 heavy (non-hydrogen) atoms. The number of benzene rings is 2. The number of carbonyl (C=O) groups is 1. The van der Waals surface area contributed by atoms with Crippen LogP contribution < -0.4 is 11.5 Å². The largest absolute Gasteiger partial charge is 0.398 e. The number of anilines is 1. The van der Waals surface area contributed by atoms with Gasteiger partial charge in [0, 0.05) is 40.8 Å². The van der Waals surface area contributed by atoms with E-state index in [1.165, 1.54) is 6.08 Å². The van der Waals surface area contributed by atoms with E-state index in [0.717, 1.165) is 27.8 Å². The van der Waals surface area contributed by atoms with Crippen molar-refractivity contribution in [3.63, 3.8) is 0 Å². The lowest BCUT2D eigenvalue weighted by Crippen LogP contribution is -2.05. The normalized spacial score (nSPS) is 10.8. The summed E-state index contributed by atoms with van der Waals surface area (Å²) in [5.41, 5.74) is 16.8. The highest BCUT2D eigenvalue weighted by Gasteiger charge is 2.12. The Morgan fingerprint density at radius 2 is 1.62 bits per heavy atom. The maximum atomic E-state index is 11.2. The van der Waals surface area contributed by atoms with Crippen LogP contribution in [0.1, 0.15) is 5.56 Å². The summed E-state index contributed by atoms with van der Waals surface area (Å²) < 4.78 is 0. The van der Waals surface area contributed by atoms with Gasteiger partial charge in [0.1, 0.15) is 0 Å². The lowest BCUT2D eigenvalue weighted by Gasteiger charge is -2.14. The number of aromatic nitrogens is 1. The Balaban J connectivity index is 2.21. The summed E-state index contributed by atoms with van der Waals surface area (Å²) in [6, 6.07) is 17.6. The molecule has 0 aliphatic carbocycles. The summed E-state index contributed by atoms with van der Waals surface area (Å²) in [6.07, 6.45) is 6.46. The molecule has 0 aliphatic heterocycles. The fourth-order valence-corrected chi connectivity index (χ4v) is 2.62. The van der Waals surface area contributed by atoms with Gasteiger partial charge >= 0.3 is 0 Å². The van der Waals surface area contributed by atoms with Crippen LogP contribution in [0.15, 0.2) is 73.1 Å². The van der Waals surface area contributed by atoms with Gasteiger partial charge in [0.15, 0.2) is 0 Å². The molecule has 0 atom stereocenters. The first-order valence-corrected chi connectivity index (χ1v) is 7.52. The van der Waals surface area contributed by atoms with E-state index in [2.05, 4.69) is 4.98 Å². The topological polar surface area (TPSA) is 82.0 Å². The van der Waals surface area contributed by atoms with Gasteiger partial charge in [-0.1, -0.05) is 48.5 Å². The number of amides is 1. The van der Waals surface area contributed by atoms with Crippen LogP contribution in [0.25, 0.3) is 28.3 Å². The monoisotopic (exact) mass is 315 g/mol. The van der Waals surface area contributed by atoms with Crippen molar-refractivity contribution in [2.24, 2.45) is 5.73 Å². The predicted molar refractivity (Wildman–Crippen MR) is 97.7 cm³/mol. The molecule has 1 heterocycles. The van der Waals surface area contributed by atoms with Gasteiger partial charge in [-0.15, -0.1) is 0 Å². The zero-order valence-electron chi connectivity index (χ0n) is 13.0. The van der Waals surface area contributed by atoms with Gasteiger partial charge in [-0.3, -0.25) is 9.78 Å². The molecule has 0 saturated heterocycles. The number of carbonyl (C=O) groups excluding carboxylic acids is 1.